The number of hydrogen-bond donors (Lipinski definition) is 2. The predicted molar refractivity (Wildman–Crippen MR) is 94.6 cm³/mol. The molecule has 1 amide bonds. The molecule has 0 saturated heterocycles. The quantitative estimate of drug-likeness (QED) is 0.511. The lowest BCUT2D eigenvalue weighted by atomic mass is 10.1. The first kappa shape index (κ1) is 16.5. The molecule has 1 aliphatic rings. The first-order valence-electron chi connectivity index (χ1n) is 7.92. The first-order valence-corrected chi connectivity index (χ1v) is 7.92. The second-order valence-electron chi connectivity index (χ2n) is 6.18. The zero-order valence-electron chi connectivity index (χ0n) is 13.9. The van der Waals surface area contributed by atoms with Crippen LogP contribution >= 0.6 is 0 Å². The molecule has 0 atom stereocenters. The summed E-state index contributed by atoms with van der Waals surface area (Å²) in [5.74, 6) is -1.21. The molecule has 6 heteroatoms. The number of carbonyl (C=O) groups is 2. The largest absolute Gasteiger partial charge is 0.461 e. The maximum atomic E-state index is 12.3. The Balaban J connectivity index is 1.99. The summed E-state index contributed by atoms with van der Waals surface area (Å²) in [7, 11) is 0. The van der Waals surface area contributed by atoms with Gasteiger partial charge in [-0.1, -0.05) is 38.1 Å². The van der Waals surface area contributed by atoms with Gasteiger partial charge in [0.15, 0.2) is 5.57 Å². The highest BCUT2D eigenvalue weighted by Crippen LogP contribution is 2.33. The van der Waals surface area contributed by atoms with Crippen molar-refractivity contribution >= 4 is 34.0 Å². The van der Waals surface area contributed by atoms with Crippen molar-refractivity contribution in [3.8, 4) is 6.07 Å². The number of nitrogens with zero attached hydrogens (tertiary/aromatic N) is 1. The molecule has 0 spiro atoms. The van der Waals surface area contributed by atoms with Crippen molar-refractivity contribution in [1.82, 2.24) is 0 Å². The van der Waals surface area contributed by atoms with Crippen molar-refractivity contribution in [3.63, 3.8) is 0 Å². The lowest BCUT2D eigenvalue weighted by Crippen LogP contribution is -2.29. The third kappa shape index (κ3) is 3.31. The SMILES string of the molecule is CC(C)COC(=O)/C(C#N)=C1/Nc2cc3ccccc3cc2NC1=O. The van der Waals surface area contributed by atoms with Crippen molar-refractivity contribution in [1.29, 1.82) is 5.26 Å². The minimum atomic E-state index is -0.807. The zero-order chi connectivity index (χ0) is 18.0. The molecule has 2 aromatic rings. The number of ether oxygens (including phenoxy) is 1. The van der Waals surface area contributed by atoms with E-state index in [1.165, 1.54) is 0 Å². The fourth-order valence-electron chi connectivity index (χ4n) is 2.52. The van der Waals surface area contributed by atoms with E-state index in [1.807, 2.05) is 50.2 Å². The number of nitriles is 1. The molecule has 1 heterocycles. The van der Waals surface area contributed by atoms with Crippen LogP contribution in [0.15, 0.2) is 47.7 Å². The fraction of sp³-hybridized carbons (Fsp3) is 0.211. The third-order valence-electron chi connectivity index (χ3n) is 3.73. The number of amides is 1. The van der Waals surface area contributed by atoms with Crippen molar-refractivity contribution < 1.29 is 14.3 Å². The van der Waals surface area contributed by atoms with Gasteiger partial charge in [-0.3, -0.25) is 4.79 Å². The van der Waals surface area contributed by atoms with Crippen molar-refractivity contribution in [2.45, 2.75) is 13.8 Å². The highest BCUT2D eigenvalue weighted by atomic mass is 16.5. The Morgan fingerprint density at radius 2 is 1.76 bits per heavy atom. The van der Waals surface area contributed by atoms with E-state index in [4.69, 9.17) is 4.74 Å². The molecule has 2 N–H and O–H groups in total. The Labute approximate surface area is 145 Å². The Morgan fingerprint density at radius 1 is 1.16 bits per heavy atom. The van der Waals surface area contributed by atoms with Gasteiger partial charge in [-0.25, -0.2) is 4.79 Å². The molecule has 0 fully saturated rings. The summed E-state index contributed by atoms with van der Waals surface area (Å²) < 4.78 is 5.08. The average Bonchev–Trinajstić information content (AvgIpc) is 2.59. The number of hydrogen-bond acceptors (Lipinski definition) is 5. The van der Waals surface area contributed by atoms with Gasteiger partial charge in [0.2, 0.25) is 0 Å². The molecule has 0 saturated carbocycles. The van der Waals surface area contributed by atoms with Crippen LogP contribution in [0, 0.1) is 17.2 Å². The van der Waals surface area contributed by atoms with Gasteiger partial charge >= 0.3 is 5.97 Å². The van der Waals surface area contributed by atoms with E-state index in [0.29, 0.717) is 11.4 Å². The normalized spacial score (nSPS) is 15.0. The van der Waals surface area contributed by atoms with Crippen LogP contribution in [0.1, 0.15) is 13.8 Å². The van der Waals surface area contributed by atoms with Crippen LogP contribution in [0.2, 0.25) is 0 Å². The van der Waals surface area contributed by atoms with Gasteiger partial charge in [-0.15, -0.1) is 0 Å². The Kier molecular flexibility index (Phi) is 4.40. The number of fused-ring (bicyclic) bond motifs is 2. The van der Waals surface area contributed by atoms with Crippen LogP contribution in [0.25, 0.3) is 10.8 Å². The van der Waals surface area contributed by atoms with E-state index < -0.39 is 11.9 Å². The second kappa shape index (κ2) is 6.65. The summed E-state index contributed by atoms with van der Waals surface area (Å²) in [5, 5.41) is 16.9. The predicted octanol–water partition coefficient (Wildman–Crippen LogP) is 3.18. The summed E-state index contributed by atoms with van der Waals surface area (Å²) in [6, 6.07) is 13.2. The van der Waals surface area contributed by atoms with Crippen molar-refractivity contribution in [2.75, 3.05) is 17.2 Å². The molecule has 0 bridgehead atoms. The number of carbonyl (C=O) groups excluding carboxylic acids is 2. The van der Waals surface area contributed by atoms with Gasteiger partial charge in [0, 0.05) is 0 Å². The average molecular weight is 335 g/mol. The Bertz CT molecular complexity index is 939. The molecule has 126 valence electrons. The van der Waals surface area contributed by atoms with Gasteiger partial charge in [0.05, 0.1) is 18.0 Å². The lowest BCUT2D eigenvalue weighted by Gasteiger charge is -2.22. The van der Waals surface area contributed by atoms with Crippen molar-refractivity contribution in [2.24, 2.45) is 5.92 Å². The fourth-order valence-corrected chi connectivity index (χ4v) is 2.52. The molecular weight excluding hydrogens is 318 g/mol. The number of esters is 1. The van der Waals surface area contributed by atoms with E-state index in [2.05, 4.69) is 10.6 Å². The number of benzene rings is 2. The Morgan fingerprint density at radius 3 is 2.32 bits per heavy atom. The zero-order valence-corrected chi connectivity index (χ0v) is 13.9. The molecule has 6 nitrogen and oxygen atoms in total. The van der Waals surface area contributed by atoms with E-state index in [1.54, 1.807) is 6.07 Å². The maximum Gasteiger partial charge on any atom is 0.351 e. The van der Waals surface area contributed by atoms with E-state index in [9.17, 15) is 14.9 Å². The summed E-state index contributed by atoms with van der Waals surface area (Å²) in [6.07, 6.45) is 0. The van der Waals surface area contributed by atoms with Crippen LogP contribution in [-0.4, -0.2) is 18.5 Å². The second-order valence-corrected chi connectivity index (χ2v) is 6.18. The maximum absolute atomic E-state index is 12.3. The summed E-state index contributed by atoms with van der Waals surface area (Å²) in [6.45, 7) is 3.96. The minimum absolute atomic E-state index is 0.0981. The van der Waals surface area contributed by atoms with Crippen LogP contribution in [0.4, 0.5) is 11.4 Å². The molecule has 2 aromatic carbocycles. The van der Waals surface area contributed by atoms with Crippen molar-refractivity contribution in [3.05, 3.63) is 47.7 Å². The third-order valence-corrected chi connectivity index (χ3v) is 3.73. The number of rotatable bonds is 3. The summed E-state index contributed by atoms with van der Waals surface area (Å²) in [5.41, 5.74) is 0.786. The van der Waals surface area contributed by atoms with Crippen LogP contribution < -0.4 is 10.6 Å². The standard InChI is InChI=1S/C19H17N3O3/c1-11(2)10-25-19(24)14(9-20)17-18(23)22-16-8-13-6-4-3-5-12(13)7-15(16)21-17/h3-8,11,21H,10H2,1-2H3,(H,22,23)/b17-14+. The van der Waals surface area contributed by atoms with Gasteiger partial charge in [0.25, 0.3) is 5.91 Å². The highest BCUT2D eigenvalue weighted by molar-refractivity contribution is 6.17. The molecule has 0 unspecified atom stereocenters. The minimum Gasteiger partial charge on any atom is -0.461 e. The highest BCUT2D eigenvalue weighted by Gasteiger charge is 2.27. The van der Waals surface area contributed by atoms with Gasteiger partial charge in [-0.2, -0.15) is 5.26 Å². The lowest BCUT2D eigenvalue weighted by molar-refractivity contribution is -0.139. The van der Waals surface area contributed by atoms with E-state index in [-0.39, 0.29) is 23.8 Å². The van der Waals surface area contributed by atoms with E-state index >= 15 is 0 Å². The van der Waals surface area contributed by atoms with Crippen LogP contribution in [0.5, 0.6) is 0 Å². The first-order chi connectivity index (χ1) is 12.0. The van der Waals surface area contributed by atoms with Crippen LogP contribution in [0.3, 0.4) is 0 Å². The molecule has 25 heavy (non-hydrogen) atoms. The molecule has 1 aliphatic heterocycles. The molecule has 0 radical (unpaired) electrons. The van der Waals surface area contributed by atoms with Gasteiger partial charge in [0.1, 0.15) is 11.8 Å². The molecule has 0 aromatic heterocycles. The Hall–Kier alpha value is -3.33. The molecule has 0 aliphatic carbocycles. The number of anilines is 2. The summed E-state index contributed by atoms with van der Waals surface area (Å²) in [4.78, 5) is 24.5. The van der Waals surface area contributed by atoms with Crippen LogP contribution in [-0.2, 0) is 14.3 Å². The van der Waals surface area contributed by atoms with Gasteiger partial charge < -0.3 is 15.4 Å². The monoisotopic (exact) mass is 335 g/mol. The molecule has 3 rings (SSSR count). The number of nitrogens with one attached hydrogen (secondary N) is 2. The summed E-state index contributed by atoms with van der Waals surface area (Å²) >= 11 is 0. The van der Waals surface area contributed by atoms with E-state index in [0.717, 1.165) is 10.8 Å². The molecular formula is C19H17N3O3. The van der Waals surface area contributed by atoms with Gasteiger partial charge in [-0.05, 0) is 28.8 Å². The topological polar surface area (TPSA) is 91.2 Å². The smallest absolute Gasteiger partial charge is 0.351 e.